The van der Waals surface area contributed by atoms with Crippen molar-refractivity contribution in [1.29, 1.82) is 0 Å². The number of aromatic carboxylic acids is 1. The van der Waals surface area contributed by atoms with Crippen LogP contribution in [0.3, 0.4) is 0 Å². The Morgan fingerprint density at radius 2 is 1.95 bits per heavy atom. The van der Waals surface area contributed by atoms with Crippen LogP contribution in [0.1, 0.15) is 15.9 Å². The van der Waals surface area contributed by atoms with E-state index in [1.54, 1.807) is 18.2 Å². The SMILES string of the molecule is Cc1ccc(Cl)cc1Oc1cc(N)ccc1C(=O)O. The minimum atomic E-state index is -1.07. The van der Waals surface area contributed by atoms with Crippen LogP contribution in [-0.2, 0) is 0 Å². The molecule has 0 radical (unpaired) electrons. The van der Waals surface area contributed by atoms with Crippen molar-refractivity contribution in [2.45, 2.75) is 6.92 Å². The van der Waals surface area contributed by atoms with E-state index in [0.717, 1.165) is 5.56 Å². The normalized spacial score (nSPS) is 10.2. The molecule has 98 valence electrons. The maximum atomic E-state index is 11.1. The van der Waals surface area contributed by atoms with Crippen LogP contribution in [0, 0.1) is 6.92 Å². The molecule has 0 saturated carbocycles. The molecule has 0 spiro atoms. The third kappa shape index (κ3) is 2.98. The molecule has 5 heteroatoms. The Morgan fingerprint density at radius 3 is 2.63 bits per heavy atom. The largest absolute Gasteiger partial charge is 0.478 e. The van der Waals surface area contributed by atoms with Crippen molar-refractivity contribution in [3.8, 4) is 11.5 Å². The standard InChI is InChI=1S/C14H12ClNO3/c1-8-2-3-9(15)6-12(8)19-13-7-10(16)4-5-11(13)14(17)18/h2-7H,16H2,1H3,(H,17,18). The fourth-order valence-corrected chi connectivity index (χ4v) is 1.76. The minimum absolute atomic E-state index is 0.0496. The number of halogens is 1. The molecule has 0 aliphatic carbocycles. The quantitative estimate of drug-likeness (QED) is 0.839. The van der Waals surface area contributed by atoms with E-state index in [0.29, 0.717) is 16.5 Å². The molecule has 0 aliphatic rings. The van der Waals surface area contributed by atoms with Gasteiger partial charge in [-0.3, -0.25) is 0 Å². The lowest BCUT2D eigenvalue weighted by molar-refractivity contribution is 0.0694. The van der Waals surface area contributed by atoms with Crippen molar-refractivity contribution >= 4 is 23.3 Å². The number of nitrogen functional groups attached to an aromatic ring is 1. The maximum absolute atomic E-state index is 11.1. The zero-order chi connectivity index (χ0) is 14.0. The van der Waals surface area contributed by atoms with Gasteiger partial charge in [-0.05, 0) is 36.8 Å². The lowest BCUT2D eigenvalue weighted by Crippen LogP contribution is -2.01. The van der Waals surface area contributed by atoms with E-state index in [4.69, 9.17) is 27.2 Å². The van der Waals surface area contributed by atoms with Gasteiger partial charge in [-0.2, -0.15) is 0 Å². The van der Waals surface area contributed by atoms with Crippen molar-refractivity contribution in [2.75, 3.05) is 5.73 Å². The molecule has 0 amide bonds. The van der Waals surface area contributed by atoms with Gasteiger partial charge in [-0.15, -0.1) is 0 Å². The Labute approximate surface area is 115 Å². The Balaban J connectivity index is 2.45. The summed E-state index contributed by atoms with van der Waals surface area (Å²) in [5.74, 6) is -0.381. The molecule has 2 aromatic carbocycles. The Hall–Kier alpha value is -2.20. The third-order valence-electron chi connectivity index (χ3n) is 2.61. The van der Waals surface area contributed by atoms with Crippen LogP contribution >= 0.6 is 11.6 Å². The average Bonchev–Trinajstić information content (AvgIpc) is 2.33. The van der Waals surface area contributed by atoms with Crippen LogP contribution < -0.4 is 10.5 Å². The van der Waals surface area contributed by atoms with E-state index >= 15 is 0 Å². The lowest BCUT2D eigenvalue weighted by Gasteiger charge is -2.12. The zero-order valence-corrected chi connectivity index (χ0v) is 10.9. The number of ether oxygens (including phenoxy) is 1. The highest BCUT2D eigenvalue weighted by Gasteiger charge is 2.13. The summed E-state index contributed by atoms with van der Waals surface area (Å²) in [6.07, 6.45) is 0. The summed E-state index contributed by atoms with van der Waals surface area (Å²) in [6, 6.07) is 9.56. The summed E-state index contributed by atoms with van der Waals surface area (Å²) in [6.45, 7) is 1.85. The van der Waals surface area contributed by atoms with Gasteiger partial charge >= 0.3 is 5.97 Å². The number of carboxylic acids is 1. The summed E-state index contributed by atoms with van der Waals surface area (Å²) >= 11 is 5.90. The smallest absolute Gasteiger partial charge is 0.339 e. The van der Waals surface area contributed by atoms with Crippen molar-refractivity contribution in [2.24, 2.45) is 0 Å². The monoisotopic (exact) mass is 277 g/mol. The number of carboxylic acid groups (broad SMARTS) is 1. The predicted molar refractivity (Wildman–Crippen MR) is 74.1 cm³/mol. The van der Waals surface area contributed by atoms with E-state index in [1.165, 1.54) is 18.2 Å². The highest BCUT2D eigenvalue weighted by molar-refractivity contribution is 6.30. The summed E-state index contributed by atoms with van der Waals surface area (Å²) in [5, 5.41) is 9.63. The van der Waals surface area contributed by atoms with Crippen molar-refractivity contribution < 1.29 is 14.6 Å². The van der Waals surface area contributed by atoms with Gasteiger partial charge in [0.05, 0.1) is 0 Å². The van der Waals surface area contributed by atoms with Gasteiger partial charge in [0, 0.05) is 16.8 Å². The van der Waals surface area contributed by atoms with Gasteiger partial charge in [0.2, 0.25) is 0 Å². The highest BCUT2D eigenvalue weighted by atomic mass is 35.5. The second-order valence-corrected chi connectivity index (χ2v) is 4.51. The first-order valence-corrected chi connectivity index (χ1v) is 5.92. The van der Waals surface area contributed by atoms with Crippen molar-refractivity contribution in [3.05, 3.63) is 52.5 Å². The van der Waals surface area contributed by atoms with Gasteiger partial charge in [-0.1, -0.05) is 17.7 Å². The van der Waals surface area contributed by atoms with Crippen molar-refractivity contribution in [3.63, 3.8) is 0 Å². The van der Waals surface area contributed by atoms with Gasteiger partial charge in [0.25, 0.3) is 0 Å². The molecular weight excluding hydrogens is 266 g/mol. The molecule has 2 rings (SSSR count). The molecule has 0 atom stereocenters. The van der Waals surface area contributed by atoms with E-state index < -0.39 is 5.97 Å². The number of rotatable bonds is 3. The molecule has 0 unspecified atom stereocenters. The number of benzene rings is 2. The summed E-state index contributed by atoms with van der Waals surface area (Å²) in [7, 11) is 0. The van der Waals surface area contributed by atoms with Crippen LogP contribution in [0.5, 0.6) is 11.5 Å². The van der Waals surface area contributed by atoms with Gasteiger partial charge in [0.1, 0.15) is 17.1 Å². The fraction of sp³-hybridized carbons (Fsp3) is 0.0714. The van der Waals surface area contributed by atoms with E-state index in [1.807, 2.05) is 6.92 Å². The predicted octanol–water partition coefficient (Wildman–Crippen LogP) is 3.72. The van der Waals surface area contributed by atoms with Crippen molar-refractivity contribution in [1.82, 2.24) is 0 Å². The van der Waals surface area contributed by atoms with Crippen LogP contribution in [0.15, 0.2) is 36.4 Å². The number of anilines is 1. The van der Waals surface area contributed by atoms with Gasteiger partial charge in [0.15, 0.2) is 0 Å². The summed E-state index contributed by atoms with van der Waals surface area (Å²) in [4.78, 5) is 11.1. The lowest BCUT2D eigenvalue weighted by atomic mass is 10.1. The van der Waals surface area contributed by atoms with Crippen LogP contribution in [0.4, 0.5) is 5.69 Å². The molecular formula is C14H12ClNO3. The number of hydrogen-bond acceptors (Lipinski definition) is 3. The molecule has 3 N–H and O–H groups in total. The first-order chi connectivity index (χ1) is 8.97. The summed E-state index contributed by atoms with van der Waals surface area (Å²) < 4.78 is 5.62. The first-order valence-electron chi connectivity index (χ1n) is 5.54. The van der Waals surface area contributed by atoms with Gasteiger partial charge in [-0.25, -0.2) is 4.79 Å². The number of nitrogens with two attached hydrogens (primary N) is 1. The molecule has 2 aromatic rings. The fourth-order valence-electron chi connectivity index (χ4n) is 1.60. The van der Waals surface area contributed by atoms with Crippen LogP contribution in [0.25, 0.3) is 0 Å². The molecule has 0 aliphatic heterocycles. The molecule has 19 heavy (non-hydrogen) atoms. The molecule has 0 heterocycles. The average molecular weight is 278 g/mol. The highest BCUT2D eigenvalue weighted by Crippen LogP contribution is 2.31. The molecule has 4 nitrogen and oxygen atoms in total. The third-order valence-corrected chi connectivity index (χ3v) is 2.84. The van der Waals surface area contributed by atoms with Crippen LogP contribution in [-0.4, -0.2) is 11.1 Å². The number of aryl methyl sites for hydroxylation is 1. The number of carbonyl (C=O) groups is 1. The first kappa shape index (κ1) is 13.2. The van der Waals surface area contributed by atoms with Gasteiger partial charge < -0.3 is 15.6 Å². The van der Waals surface area contributed by atoms with Crippen LogP contribution in [0.2, 0.25) is 5.02 Å². The second kappa shape index (κ2) is 5.20. The van der Waals surface area contributed by atoms with E-state index in [2.05, 4.69) is 0 Å². The second-order valence-electron chi connectivity index (χ2n) is 4.07. The zero-order valence-electron chi connectivity index (χ0n) is 10.2. The maximum Gasteiger partial charge on any atom is 0.339 e. The molecule has 0 bridgehead atoms. The molecule has 0 saturated heterocycles. The molecule has 0 fully saturated rings. The summed E-state index contributed by atoms with van der Waals surface area (Å²) in [5.41, 5.74) is 6.98. The number of hydrogen-bond donors (Lipinski definition) is 2. The van der Waals surface area contributed by atoms with E-state index in [9.17, 15) is 4.79 Å². The Bertz CT molecular complexity index is 641. The molecule has 0 aromatic heterocycles. The topological polar surface area (TPSA) is 72.5 Å². The Morgan fingerprint density at radius 1 is 1.21 bits per heavy atom. The Kier molecular flexibility index (Phi) is 3.62. The van der Waals surface area contributed by atoms with E-state index in [-0.39, 0.29) is 11.3 Å². The minimum Gasteiger partial charge on any atom is -0.478 e.